The van der Waals surface area contributed by atoms with Gasteiger partial charge in [0.25, 0.3) is 0 Å². The molecule has 0 atom stereocenters. The van der Waals surface area contributed by atoms with Gasteiger partial charge >= 0.3 is 11.9 Å². The van der Waals surface area contributed by atoms with Gasteiger partial charge in [0.05, 0.1) is 13.2 Å². The van der Waals surface area contributed by atoms with E-state index < -0.39 is 24.0 Å². The van der Waals surface area contributed by atoms with Crippen LogP contribution in [0, 0.1) is 0 Å². The number of ether oxygens (including phenoxy) is 3. The molecule has 0 aliphatic carbocycles. The second-order valence-electron chi connectivity index (χ2n) is 9.98. The Bertz CT molecular complexity index is 980. The average molecular weight is 460 g/mol. The van der Waals surface area contributed by atoms with E-state index in [1.54, 1.807) is 25.7 Å². The molecule has 0 N–H and O–H groups in total. The van der Waals surface area contributed by atoms with Crippen molar-refractivity contribution < 1.29 is 27.8 Å². The summed E-state index contributed by atoms with van der Waals surface area (Å²) >= 11 is 0. The molecule has 1 fully saturated rings. The highest BCUT2D eigenvalue weighted by Crippen LogP contribution is 2.47. The number of hydrogen-bond acceptors (Lipinski definition) is 5. The van der Waals surface area contributed by atoms with Gasteiger partial charge in [0, 0.05) is 17.0 Å². The van der Waals surface area contributed by atoms with Crippen LogP contribution in [0.25, 0.3) is 0 Å². The smallest absolute Gasteiger partial charge is 0.378 e. The van der Waals surface area contributed by atoms with Crippen LogP contribution >= 0.6 is 0 Å². The van der Waals surface area contributed by atoms with Crippen molar-refractivity contribution in [3.05, 3.63) is 59.7 Å². The van der Waals surface area contributed by atoms with E-state index >= 15 is 0 Å². The summed E-state index contributed by atoms with van der Waals surface area (Å²) in [4.78, 5) is 13.6. The minimum Gasteiger partial charge on any atom is -0.492 e. The lowest BCUT2D eigenvalue weighted by molar-refractivity contribution is -0.186. The van der Waals surface area contributed by atoms with Crippen molar-refractivity contribution in [1.82, 2.24) is 4.90 Å². The summed E-state index contributed by atoms with van der Waals surface area (Å²) in [5.74, 6) is -3.46. The fraction of sp³-hybridized carbons (Fsp3) is 0.500. The second kappa shape index (κ2) is 8.93. The highest BCUT2D eigenvalue weighted by atomic mass is 19.3. The summed E-state index contributed by atoms with van der Waals surface area (Å²) in [5, 5.41) is 0. The van der Waals surface area contributed by atoms with E-state index in [1.807, 2.05) is 48.5 Å². The van der Waals surface area contributed by atoms with Crippen molar-refractivity contribution in [2.45, 2.75) is 57.2 Å². The van der Waals surface area contributed by atoms with Crippen LogP contribution in [0.5, 0.6) is 11.5 Å². The van der Waals surface area contributed by atoms with Crippen LogP contribution < -0.4 is 9.47 Å². The summed E-state index contributed by atoms with van der Waals surface area (Å²) in [6.45, 7) is 6.06. The van der Waals surface area contributed by atoms with Gasteiger partial charge in [0.15, 0.2) is 0 Å². The molecule has 0 amide bonds. The van der Waals surface area contributed by atoms with E-state index in [1.165, 1.54) is 0 Å². The molecule has 0 aromatic heterocycles. The topological polar surface area (TPSA) is 48.0 Å². The van der Waals surface area contributed by atoms with Crippen molar-refractivity contribution in [1.29, 1.82) is 0 Å². The van der Waals surface area contributed by atoms with Gasteiger partial charge in [0.1, 0.15) is 23.7 Å². The third-order valence-corrected chi connectivity index (χ3v) is 6.21. The lowest BCUT2D eigenvalue weighted by atomic mass is 9.74. The SMILES string of the molecule is CC(C)(C)OC(=O)C(F)(F)CN1CCC2(CC1)COc1cc(OCc3ccccc3)ccc12. The van der Waals surface area contributed by atoms with E-state index in [9.17, 15) is 13.6 Å². The van der Waals surface area contributed by atoms with Crippen molar-refractivity contribution in [2.75, 3.05) is 26.2 Å². The minimum absolute atomic E-state index is 0.189. The number of piperidine rings is 1. The fourth-order valence-corrected chi connectivity index (χ4v) is 4.44. The van der Waals surface area contributed by atoms with Crippen LogP contribution in [-0.2, 0) is 21.6 Å². The first-order valence-corrected chi connectivity index (χ1v) is 11.3. The summed E-state index contributed by atoms with van der Waals surface area (Å²) in [6, 6.07) is 15.8. The van der Waals surface area contributed by atoms with Crippen LogP contribution in [0.2, 0.25) is 0 Å². The van der Waals surface area contributed by atoms with E-state index in [0.717, 1.165) is 22.6 Å². The number of fused-ring (bicyclic) bond motifs is 2. The quantitative estimate of drug-likeness (QED) is 0.571. The average Bonchev–Trinajstić information content (AvgIpc) is 3.11. The van der Waals surface area contributed by atoms with Crippen molar-refractivity contribution in [3.63, 3.8) is 0 Å². The largest absolute Gasteiger partial charge is 0.492 e. The molecule has 1 spiro atoms. The maximum Gasteiger partial charge on any atom is 0.378 e. The molecule has 2 aliphatic heterocycles. The van der Waals surface area contributed by atoms with E-state index in [0.29, 0.717) is 39.1 Å². The van der Waals surface area contributed by atoms with Gasteiger partial charge in [-0.15, -0.1) is 0 Å². The molecular formula is C26H31F2NO4. The van der Waals surface area contributed by atoms with Crippen molar-refractivity contribution >= 4 is 5.97 Å². The predicted octanol–water partition coefficient (Wildman–Crippen LogP) is 4.97. The Hall–Kier alpha value is -2.67. The van der Waals surface area contributed by atoms with Crippen LogP contribution in [0.3, 0.4) is 0 Å². The Morgan fingerprint density at radius 1 is 1.09 bits per heavy atom. The first-order chi connectivity index (χ1) is 15.6. The van der Waals surface area contributed by atoms with Gasteiger partial charge in [-0.2, -0.15) is 8.78 Å². The van der Waals surface area contributed by atoms with E-state index in [2.05, 4.69) is 0 Å². The Kier molecular flexibility index (Phi) is 6.36. The molecule has 5 nitrogen and oxygen atoms in total. The third kappa shape index (κ3) is 5.46. The number of halogens is 2. The Labute approximate surface area is 193 Å². The maximum atomic E-state index is 14.4. The van der Waals surface area contributed by atoms with Crippen LogP contribution in [0.4, 0.5) is 8.78 Å². The number of alkyl halides is 2. The summed E-state index contributed by atoms with van der Waals surface area (Å²) in [7, 11) is 0. The zero-order valence-corrected chi connectivity index (χ0v) is 19.4. The van der Waals surface area contributed by atoms with Gasteiger partial charge in [-0.3, -0.25) is 4.90 Å². The molecule has 0 saturated carbocycles. The minimum atomic E-state index is -3.53. The van der Waals surface area contributed by atoms with Gasteiger partial charge in [0.2, 0.25) is 0 Å². The number of hydrogen-bond donors (Lipinski definition) is 0. The molecular weight excluding hydrogens is 428 g/mol. The lowest BCUT2D eigenvalue weighted by Gasteiger charge is -2.39. The van der Waals surface area contributed by atoms with Crippen LogP contribution in [0.15, 0.2) is 48.5 Å². The molecule has 7 heteroatoms. The number of benzene rings is 2. The Balaban J connectivity index is 1.35. The Morgan fingerprint density at radius 2 is 1.79 bits per heavy atom. The molecule has 2 aromatic carbocycles. The highest BCUT2D eigenvalue weighted by molar-refractivity contribution is 5.78. The maximum absolute atomic E-state index is 14.4. The summed E-state index contributed by atoms with van der Waals surface area (Å²) in [6.07, 6.45) is 1.38. The zero-order chi connectivity index (χ0) is 23.7. The van der Waals surface area contributed by atoms with Crippen LogP contribution in [-0.4, -0.2) is 48.6 Å². The second-order valence-corrected chi connectivity index (χ2v) is 9.98. The van der Waals surface area contributed by atoms with Crippen molar-refractivity contribution in [3.8, 4) is 11.5 Å². The zero-order valence-electron chi connectivity index (χ0n) is 19.4. The highest BCUT2D eigenvalue weighted by Gasteiger charge is 2.48. The molecule has 0 bridgehead atoms. The molecule has 33 heavy (non-hydrogen) atoms. The fourth-order valence-electron chi connectivity index (χ4n) is 4.44. The molecule has 1 saturated heterocycles. The molecule has 2 aromatic rings. The molecule has 4 rings (SSSR count). The van der Waals surface area contributed by atoms with Gasteiger partial charge in [-0.1, -0.05) is 36.4 Å². The van der Waals surface area contributed by atoms with E-state index in [-0.39, 0.29) is 5.41 Å². The molecule has 0 radical (unpaired) electrons. The molecule has 0 unspecified atom stereocenters. The van der Waals surface area contributed by atoms with Gasteiger partial charge in [-0.05, 0) is 58.3 Å². The molecule has 178 valence electrons. The first kappa shape index (κ1) is 23.5. The number of carbonyl (C=O) groups is 1. The van der Waals surface area contributed by atoms with E-state index in [4.69, 9.17) is 14.2 Å². The molecule has 2 heterocycles. The molecule has 2 aliphatic rings. The number of esters is 1. The number of carbonyl (C=O) groups excluding carboxylic acids is 1. The van der Waals surface area contributed by atoms with Gasteiger partial charge < -0.3 is 14.2 Å². The summed E-state index contributed by atoms with van der Waals surface area (Å²) < 4.78 is 45.6. The predicted molar refractivity (Wildman–Crippen MR) is 121 cm³/mol. The van der Waals surface area contributed by atoms with Crippen LogP contribution in [0.1, 0.15) is 44.7 Å². The Morgan fingerprint density at radius 3 is 2.45 bits per heavy atom. The number of likely N-dealkylation sites (tertiary alicyclic amines) is 1. The third-order valence-electron chi connectivity index (χ3n) is 6.21. The monoisotopic (exact) mass is 459 g/mol. The normalized spacial score (nSPS) is 18.0. The first-order valence-electron chi connectivity index (χ1n) is 11.3. The number of rotatable bonds is 6. The standard InChI is InChI=1S/C26H31F2NO4/c1-24(2,3)33-23(30)26(27,28)17-29-13-11-25(12-14-29)18-32-22-15-20(9-10-21(22)25)31-16-19-7-5-4-6-8-19/h4-10,15H,11-14,16-18H2,1-3H3. The van der Waals surface area contributed by atoms with Gasteiger partial charge in [-0.25, -0.2) is 4.79 Å². The number of nitrogens with zero attached hydrogens (tertiary/aromatic N) is 1. The summed E-state index contributed by atoms with van der Waals surface area (Å²) in [5.41, 5.74) is 1.06. The van der Waals surface area contributed by atoms with Crippen molar-refractivity contribution in [2.24, 2.45) is 0 Å². The lowest BCUT2D eigenvalue weighted by Crippen LogP contribution is -2.50.